The van der Waals surface area contributed by atoms with Crippen LogP contribution in [-0.4, -0.2) is 20.1 Å². The number of rotatable bonds is 5. The summed E-state index contributed by atoms with van der Waals surface area (Å²) in [4.78, 5) is 2.59. The van der Waals surface area contributed by atoms with E-state index in [0.717, 1.165) is 6.54 Å². The second-order valence-corrected chi connectivity index (χ2v) is 6.03. The third-order valence-corrected chi connectivity index (χ3v) is 4.92. The number of hydrogen-bond acceptors (Lipinski definition) is 2. The predicted molar refractivity (Wildman–Crippen MR) is 83.8 cm³/mol. The molecular formula is C17H28N2. The van der Waals surface area contributed by atoms with Crippen LogP contribution >= 0.6 is 0 Å². The Kier molecular flexibility index (Phi) is 4.51. The molecule has 19 heavy (non-hydrogen) atoms. The van der Waals surface area contributed by atoms with Crippen LogP contribution in [0, 0.1) is 12.3 Å². The minimum Gasteiger partial charge on any atom is -0.371 e. The molecule has 0 aromatic heterocycles. The number of anilines is 1. The lowest BCUT2D eigenvalue weighted by Gasteiger charge is -2.28. The van der Waals surface area contributed by atoms with Gasteiger partial charge in [0.05, 0.1) is 0 Å². The van der Waals surface area contributed by atoms with Crippen LogP contribution in [0.3, 0.4) is 0 Å². The summed E-state index contributed by atoms with van der Waals surface area (Å²) in [6, 6.07) is 6.89. The highest BCUT2D eigenvalue weighted by Crippen LogP contribution is 2.39. The van der Waals surface area contributed by atoms with E-state index < -0.39 is 0 Å². The Morgan fingerprint density at radius 3 is 2.53 bits per heavy atom. The van der Waals surface area contributed by atoms with Crippen molar-refractivity contribution in [2.75, 3.05) is 25.0 Å². The zero-order valence-corrected chi connectivity index (χ0v) is 12.9. The molecule has 1 aliphatic rings. The molecule has 0 radical (unpaired) electrons. The summed E-state index contributed by atoms with van der Waals surface area (Å²) in [5.74, 6) is 0. The fourth-order valence-corrected chi connectivity index (χ4v) is 3.35. The minimum atomic E-state index is 0.552. The molecule has 1 heterocycles. The van der Waals surface area contributed by atoms with Crippen LogP contribution in [0.5, 0.6) is 0 Å². The highest BCUT2D eigenvalue weighted by molar-refractivity contribution is 5.55. The zero-order valence-electron chi connectivity index (χ0n) is 12.9. The van der Waals surface area contributed by atoms with E-state index >= 15 is 0 Å². The van der Waals surface area contributed by atoms with Gasteiger partial charge in [0.1, 0.15) is 0 Å². The van der Waals surface area contributed by atoms with Crippen LogP contribution in [0.2, 0.25) is 0 Å². The van der Waals surface area contributed by atoms with E-state index in [-0.39, 0.29) is 0 Å². The van der Waals surface area contributed by atoms with Gasteiger partial charge >= 0.3 is 0 Å². The van der Waals surface area contributed by atoms with Gasteiger partial charge in [0.15, 0.2) is 0 Å². The lowest BCUT2D eigenvalue weighted by atomic mass is 9.82. The summed E-state index contributed by atoms with van der Waals surface area (Å²) < 4.78 is 0. The minimum absolute atomic E-state index is 0.552. The maximum Gasteiger partial charge on any atom is 0.0396 e. The van der Waals surface area contributed by atoms with Crippen molar-refractivity contribution < 1.29 is 0 Å². The standard InChI is InChI=1S/C17H28N2/c1-5-17(6-2)9-10-19(13-17)16-8-7-15(12-18-4)11-14(16)3/h7-8,11,18H,5-6,9-10,12-13H2,1-4H3. The average molecular weight is 260 g/mol. The van der Waals surface area contributed by atoms with Gasteiger partial charge < -0.3 is 10.2 Å². The molecule has 1 N–H and O–H groups in total. The van der Waals surface area contributed by atoms with Crippen molar-refractivity contribution in [3.8, 4) is 0 Å². The van der Waals surface area contributed by atoms with E-state index in [2.05, 4.69) is 49.2 Å². The average Bonchev–Trinajstić information content (AvgIpc) is 2.84. The zero-order chi connectivity index (χ0) is 13.9. The smallest absolute Gasteiger partial charge is 0.0396 e. The molecule has 2 heteroatoms. The van der Waals surface area contributed by atoms with E-state index in [1.807, 2.05) is 7.05 Å². The van der Waals surface area contributed by atoms with Crippen LogP contribution in [0.25, 0.3) is 0 Å². The molecule has 2 rings (SSSR count). The summed E-state index contributed by atoms with van der Waals surface area (Å²) in [6.07, 6.45) is 3.95. The normalized spacial score (nSPS) is 18.0. The monoisotopic (exact) mass is 260 g/mol. The second-order valence-electron chi connectivity index (χ2n) is 6.03. The Bertz CT molecular complexity index is 421. The molecule has 1 fully saturated rings. The van der Waals surface area contributed by atoms with Crippen LogP contribution < -0.4 is 10.2 Å². The van der Waals surface area contributed by atoms with Crippen molar-refractivity contribution in [1.29, 1.82) is 0 Å². The molecule has 106 valence electrons. The van der Waals surface area contributed by atoms with Crippen molar-refractivity contribution in [2.45, 2.75) is 46.6 Å². The predicted octanol–water partition coefficient (Wildman–Crippen LogP) is 3.73. The van der Waals surface area contributed by atoms with Gasteiger partial charge in [0, 0.05) is 25.3 Å². The first-order chi connectivity index (χ1) is 9.14. The fourth-order valence-electron chi connectivity index (χ4n) is 3.35. The summed E-state index contributed by atoms with van der Waals surface area (Å²) in [5, 5.41) is 3.22. The number of hydrogen-bond donors (Lipinski definition) is 1. The van der Waals surface area contributed by atoms with Crippen LogP contribution in [0.4, 0.5) is 5.69 Å². The Labute approximate surface area is 118 Å². The molecule has 0 amide bonds. The van der Waals surface area contributed by atoms with Gasteiger partial charge in [-0.05, 0) is 55.8 Å². The Balaban J connectivity index is 2.15. The first-order valence-corrected chi connectivity index (χ1v) is 7.63. The molecule has 1 aliphatic heterocycles. The molecule has 0 bridgehead atoms. The van der Waals surface area contributed by atoms with Crippen molar-refractivity contribution in [3.63, 3.8) is 0 Å². The van der Waals surface area contributed by atoms with Crippen LogP contribution in [0.1, 0.15) is 44.2 Å². The summed E-state index contributed by atoms with van der Waals surface area (Å²) in [5.41, 5.74) is 4.77. The lowest BCUT2D eigenvalue weighted by molar-refractivity contribution is 0.301. The molecule has 1 aromatic rings. The van der Waals surface area contributed by atoms with Crippen molar-refractivity contribution in [1.82, 2.24) is 5.32 Å². The molecule has 1 saturated heterocycles. The first kappa shape index (κ1) is 14.4. The molecule has 0 saturated carbocycles. The lowest BCUT2D eigenvalue weighted by Crippen LogP contribution is -2.26. The summed E-state index contributed by atoms with van der Waals surface area (Å²) >= 11 is 0. The largest absolute Gasteiger partial charge is 0.371 e. The van der Waals surface area contributed by atoms with E-state index in [1.165, 1.54) is 49.2 Å². The summed E-state index contributed by atoms with van der Waals surface area (Å²) in [7, 11) is 2.00. The van der Waals surface area contributed by atoms with E-state index in [0.29, 0.717) is 5.41 Å². The fraction of sp³-hybridized carbons (Fsp3) is 0.647. The van der Waals surface area contributed by atoms with E-state index in [1.54, 1.807) is 0 Å². The molecule has 0 atom stereocenters. The van der Waals surface area contributed by atoms with Gasteiger partial charge in [-0.2, -0.15) is 0 Å². The molecule has 0 aliphatic carbocycles. The van der Waals surface area contributed by atoms with Gasteiger partial charge in [-0.1, -0.05) is 26.0 Å². The Morgan fingerprint density at radius 1 is 1.26 bits per heavy atom. The first-order valence-electron chi connectivity index (χ1n) is 7.63. The molecule has 1 aromatic carbocycles. The van der Waals surface area contributed by atoms with E-state index in [4.69, 9.17) is 0 Å². The van der Waals surface area contributed by atoms with Gasteiger partial charge in [-0.25, -0.2) is 0 Å². The third-order valence-electron chi connectivity index (χ3n) is 4.92. The van der Waals surface area contributed by atoms with Crippen LogP contribution in [0.15, 0.2) is 18.2 Å². The van der Waals surface area contributed by atoms with Crippen molar-refractivity contribution in [3.05, 3.63) is 29.3 Å². The summed E-state index contributed by atoms with van der Waals surface area (Å²) in [6.45, 7) is 10.3. The van der Waals surface area contributed by atoms with E-state index in [9.17, 15) is 0 Å². The molecule has 2 nitrogen and oxygen atoms in total. The highest BCUT2D eigenvalue weighted by Gasteiger charge is 2.35. The molecule has 0 unspecified atom stereocenters. The van der Waals surface area contributed by atoms with Gasteiger partial charge in [-0.15, -0.1) is 0 Å². The topological polar surface area (TPSA) is 15.3 Å². The SMILES string of the molecule is CCC1(CC)CCN(c2ccc(CNC)cc2C)C1. The maximum absolute atomic E-state index is 3.22. The number of benzene rings is 1. The number of nitrogens with zero attached hydrogens (tertiary/aromatic N) is 1. The van der Waals surface area contributed by atoms with Crippen LogP contribution in [-0.2, 0) is 6.54 Å². The third kappa shape index (κ3) is 2.94. The number of nitrogens with one attached hydrogen (secondary N) is 1. The Hall–Kier alpha value is -1.02. The van der Waals surface area contributed by atoms with Gasteiger partial charge in [-0.3, -0.25) is 0 Å². The number of aryl methyl sites for hydroxylation is 1. The van der Waals surface area contributed by atoms with Crippen molar-refractivity contribution in [2.24, 2.45) is 5.41 Å². The quantitative estimate of drug-likeness (QED) is 0.868. The van der Waals surface area contributed by atoms with Gasteiger partial charge in [0.25, 0.3) is 0 Å². The van der Waals surface area contributed by atoms with Gasteiger partial charge in [0.2, 0.25) is 0 Å². The highest BCUT2D eigenvalue weighted by atomic mass is 15.2. The molecule has 0 spiro atoms. The Morgan fingerprint density at radius 2 is 2.00 bits per heavy atom. The molecular weight excluding hydrogens is 232 g/mol. The second kappa shape index (κ2) is 5.96. The van der Waals surface area contributed by atoms with Crippen molar-refractivity contribution >= 4 is 5.69 Å². The maximum atomic E-state index is 3.22.